The first-order valence-corrected chi connectivity index (χ1v) is 12.1. The van der Waals surface area contributed by atoms with Gasteiger partial charge in [-0.15, -0.1) is 0 Å². The summed E-state index contributed by atoms with van der Waals surface area (Å²) in [4.78, 5) is 43.1. The predicted molar refractivity (Wildman–Crippen MR) is 130 cm³/mol. The van der Waals surface area contributed by atoms with Gasteiger partial charge in [-0.25, -0.2) is 0 Å². The fourth-order valence-electron chi connectivity index (χ4n) is 4.71. The highest BCUT2D eigenvalue weighted by atomic mass is 35.5. The van der Waals surface area contributed by atoms with Crippen molar-refractivity contribution in [2.24, 2.45) is 0 Å². The van der Waals surface area contributed by atoms with Crippen molar-refractivity contribution in [1.29, 1.82) is 0 Å². The lowest BCUT2D eigenvalue weighted by atomic mass is 9.95. The van der Waals surface area contributed by atoms with Crippen molar-refractivity contribution in [3.05, 3.63) is 70.2 Å². The lowest BCUT2D eigenvalue weighted by Crippen LogP contribution is -2.60. The molecule has 0 aromatic heterocycles. The molecule has 2 aliphatic heterocycles. The second kappa shape index (κ2) is 10.2. The van der Waals surface area contributed by atoms with E-state index in [4.69, 9.17) is 16.3 Å². The molecule has 34 heavy (non-hydrogen) atoms. The lowest BCUT2D eigenvalue weighted by Gasteiger charge is -2.44. The second-order valence-corrected chi connectivity index (χ2v) is 9.29. The highest BCUT2D eigenvalue weighted by molar-refractivity contribution is 6.30. The van der Waals surface area contributed by atoms with E-state index in [2.05, 4.69) is 5.32 Å². The molecule has 0 aliphatic carbocycles. The molecule has 1 atom stereocenters. The van der Waals surface area contributed by atoms with E-state index < -0.39 is 11.8 Å². The van der Waals surface area contributed by atoms with Crippen LogP contribution in [-0.2, 0) is 9.53 Å². The van der Waals surface area contributed by atoms with Crippen LogP contribution >= 0.6 is 11.6 Å². The number of hydrogen-bond donors (Lipinski definition) is 1. The topological polar surface area (TPSA) is 79.0 Å². The fraction of sp³-hybridized carbons (Fsp3) is 0.423. The van der Waals surface area contributed by atoms with Gasteiger partial charge < -0.3 is 15.0 Å². The minimum Gasteiger partial charge on any atom is -0.354 e. The van der Waals surface area contributed by atoms with Gasteiger partial charge in [-0.3, -0.25) is 19.3 Å². The maximum Gasteiger partial charge on any atom is 0.257 e. The van der Waals surface area contributed by atoms with Crippen molar-refractivity contribution >= 4 is 29.3 Å². The van der Waals surface area contributed by atoms with E-state index in [1.807, 2.05) is 32.0 Å². The van der Waals surface area contributed by atoms with Crippen molar-refractivity contribution in [2.45, 2.75) is 44.9 Å². The number of hydrogen-bond acceptors (Lipinski definition) is 4. The van der Waals surface area contributed by atoms with Crippen molar-refractivity contribution in [3.8, 4) is 0 Å². The number of likely N-dealkylation sites (tertiary alicyclic amines) is 1. The summed E-state index contributed by atoms with van der Waals surface area (Å²) in [5.74, 6) is -0.511. The van der Waals surface area contributed by atoms with Gasteiger partial charge >= 0.3 is 0 Å². The zero-order valence-corrected chi connectivity index (χ0v) is 20.3. The maximum absolute atomic E-state index is 13.8. The highest BCUT2D eigenvalue weighted by Gasteiger charge is 2.54. The van der Waals surface area contributed by atoms with Gasteiger partial charge in [0.25, 0.3) is 11.8 Å². The maximum atomic E-state index is 13.8. The van der Waals surface area contributed by atoms with Gasteiger partial charge in [0.1, 0.15) is 11.8 Å². The minimum absolute atomic E-state index is 0.0847. The van der Waals surface area contributed by atoms with Gasteiger partial charge in [0.05, 0.1) is 6.61 Å². The van der Waals surface area contributed by atoms with E-state index in [9.17, 15) is 14.4 Å². The fourth-order valence-corrected chi connectivity index (χ4v) is 4.84. The van der Waals surface area contributed by atoms with Gasteiger partial charge in [0.15, 0.2) is 0 Å². The lowest BCUT2D eigenvalue weighted by molar-refractivity contribution is -0.128. The number of nitrogens with zero attached hydrogens (tertiary/aromatic N) is 2. The summed E-state index contributed by atoms with van der Waals surface area (Å²) in [7, 11) is 0. The Kier molecular flexibility index (Phi) is 7.24. The zero-order chi connectivity index (χ0) is 24.3. The van der Waals surface area contributed by atoms with Crippen molar-refractivity contribution < 1.29 is 19.1 Å². The van der Waals surface area contributed by atoms with E-state index >= 15 is 0 Å². The molecule has 2 heterocycles. The molecule has 1 unspecified atom stereocenters. The summed E-state index contributed by atoms with van der Waals surface area (Å²) >= 11 is 5.95. The molecule has 1 spiro atoms. The SMILES string of the molecule is CCCNC(=O)C1COC2(CCN(C(=O)c3ccc(Cl)cc3)CC2)N1C(=O)c1ccccc1C. The molecule has 0 radical (unpaired) electrons. The van der Waals surface area contributed by atoms with E-state index in [1.165, 1.54) is 0 Å². The Morgan fingerprint density at radius 2 is 1.74 bits per heavy atom. The van der Waals surface area contributed by atoms with Crippen LogP contribution in [0, 0.1) is 6.92 Å². The number of halogens is 1. The number of benzene rings is 2. The zero-order valence-electron chi connectivity index (χ0n) is 19.6. The Hall–Kier alpha value is -2.90. The Labute approximate surface area is 205 Å². The average molecular weight is 484 g/mol. The summed E-state index contributed by atoms with van der Waals surface area (Å²) in [6.07, 6.45) is 1.67. The van der Waals surface area contributed by atoms with Crippen molar-refractivity contribution in [1.82, 2.24) is 15.1 Å². The van der Waals surface area contributed by atoms with Crippen LogP contribution < -0.4 is 5.32 Å². The summed E-state index contributed by atoms with van der Waals surface area (Å²) in [5.41, 5.74) is 1.04. The predicted octanol–water partition coefficient (Wildman–Crippen LogP) is 3.65. The monoisotopic (exact) mass is 483 g/mol. The highest BCUT2D eigenvalue weighted by Crippen LogP contribution is 2.39. The summed E-state index contributed by atoms with van der Waals surface area (Å²) < 4.78 is 6.23. The molecule has 0 saturated carbocycles. The van der Waals surface area contributed by atoms with E-state index in [1.54, 1.807) is 40.1 Å². The van der Waals surface area contributed by atoms with Crippen LogP contribution in [0.5, 0.6) is 0 Å². The molecule has 4 rings (SSSR count). The quantitative estimate of drug-likeness (QED) is 0.704. The molecule has 2 fully saturated rings. The second-order valence-electron chi connectivity index (χ2n) is 8.85. The van der Waals surface area contributed by atoms with Gasteiger partial charge in [0, 0.05) is 48.6 Å². The normalized spacial score (nSPS) is 19.3. The number of aryl methyl sites for hydroxylation is 1. The molecular weight excluding hydrogens is 454 g/mol. The van der Waals surface area contributed by atoms with E-state index in [0.717, 1.165) is 12.0 Å². The van der Waals surface area contributed by atoms with E-state index in [0.29, 0.717) is 48.6 Å². The molecule has 2 saturated heterocycles. The van der Waals surface area contributed by atoms with Crippen LogP contribution in [0.3, 0.4) is 0 Å². The summed E-state index contributed by atoms with van der Waals surface area (Å²) in [6.45, 7) is 5.38. The third-order valence-corrected chi connectivity index (χ3v) is 6.88. The summed E-state index contributed by atoms with van der Waals surface area (Å²) in [5, 5.41) is 3.49. The number of carbonyl (C=O) groups excluding carboxylic acids is 3. The Morgan fingerprint density at radius 1 is 1.06 bits per heavy atom. The molecule has 8 heteroatoms. The molecular formula is C26H30ClN3O4. The molecule has 0 bridgehead atoms. The number of rotatable bonds is 5. The number of carbonyl (C=O) groups is 3. The Bertz CT molecular complexity index is 1060. The number of nitrogens with one attached hydrogen (secondary N) is 1. The van der Waals surface area contributed by atoms with E-state index in [-0.39, 0.29) is 24.3 Å². The van der Waals surface area contributed by atoms with Crippen molar-refractivity contribution in [3.63, 3.8) is 0 Å². The first-order chi connectivity index (χ1) is 16.4. The largest absolute Gasteiger partial charge is 0.354 e. The average Bonchev–Trinajstić information content (AvgIpc) is 3.21. The minimum atomic E-state index is -0.926. The standard InChI is InChI=1S/C26H30ClN3O4/c1-3-14-28-23(31)22-17-34-26(30(22)25(33)21-7-5-4-6-18(21)2)12-15-29(16-13-26)24(32)19-8-10-20(27)11-9-19/h4-11,22H,3,12-17H2,1-2H3,(H,28,31). The van der Waals surface area contributed by atoms with Crippen molar-refractivity contribution in [2.75, 3.05) is 26.2 Å². The van der Waals surface area contributed by atoms with Gasteiger partial charge in [0.2, 0.25) is 5.91 Å². The first-order valence-electron chi connectivity index (χ1n) is 11.7. The first kappa shape index (κ1) is 24.2. The third kappa shape index (κ3) is 4.68. The van der Waals surface area contributed by atoms with Gasteiger partial charge in [-0.1, -0.05) is 36.7 Å². The van der Waals surface area contributed by atoms with Gasteiger partial charge in [-0.05, 0) is 49.2 Å². The molecule has 2 aliphatic rings. The Balaban J connectivity index is 1.57. The van der Waals surface area contributed by atoms with Crippen LogP contribution in [-0.4, -0.2) is 65.5 Å². The molecule has 3 amide bonds. The third-order valence-electron chi connectivity index (χ3n) is 6.63. The number of amides is 3. The van der Waals surface area contributed by atoms with Crippen LogP contribution in [0.2, 0.25) is 5.02 Å². The van der Waals surface area contributed by atoms with Crippen LogP contribution in [0.25, 0.3) is 0 Å². The molecule has 1 N–H and O–H groups in total. The van der Waals surface area contributed by atoms with Crippen LogP contribution in [0.15, 0.2) is 48.5 Å². The smallest absolute Gasteiger partial charge is 0.257 e. The van der Waals surface area contributed by atoms with Crippen LogP contribution in [0.4, 0.5) is 0 Å². The molecule has 2 aromatic rings. The van der Waals surface area contributed by atoms with Crippen LogP contribution in [0.1, 0.15) is 52.5 Å². The molecule has 7 nitrogen and oxygen atoms in total. The number of piperidine rings is 1. The number of ether oxygens (including phenoxy) is 1. The summed E-state index contributed by atoms with van der Waals surface area (Å²) in [6, 6.07) is 13.5. The Morgan fingerprint density at radius 3 is 2.38 bits per heavy atom. The van der Waals surface area contributed by atoms with Gasteiger partial charge in [-0.2, -0.15) is 0 Å². The molecule has 2 aromatic carbocycles. The molecule has 180 valence electrons.